The number of ketones is 1. The van der Waals surface area contributed by atoms with Crippen LogP contribution in [-0.2, 0) is 6.18 Å². The summed E-state index contributed by atoms with van der Waals surface area (Å²) in [5.41, 5.74) is -1.28. The lowest BCUT2D eigenvalue weighted by atomic mass is 9.92. The van der Waals surface area contributed by atoms with E-state index >= 15 is 0 Å². The van der Waals surface area contributed by atoms with Crippen LogP contribution < -0.4 is 0 Å². The Morgan fingerprint density at radius 2 is 1.73 bits per heavy atom. The molecule has 0 atom stereocenters. The van der Waals surface area contributed by atoms with E-state index in [1.165, 1.54) is 30.3 Å². The van der Waals surface area contributed by atoms with Crippen molar-refractivity contribution in [3.05, 3.63) is 65.0 Å². The molecule has 2 aromatic rings. The third-order valence-corrected chi connectivity index (χ3v) is 3.39. The predicted molar refractivity (Wildman–Crippen MR) is 73.0 cm³/mol. The molecule has 2 aromatic carbocycles. The van der Waals surface area contributed by atoms with Gasteiger partial charge >= 0.3 is 6.18 Å². The van der Waals surface area contributed by atoms with Crippen molar-refractivity contribution in [1.82, 2.24) is 0 Å². The average molecular weight is 307 g/mol. The van der Waals surface area contributed by atoms with Gasteiger partial charge in [-0.2, -0.15) is 13.2 Å². The Morgan fingerprint density at radius 3 is 2.41 bits per heavy atom. The summed E-state index contributed by atoms with van der Waals surface area (Å²) in [4.78, 5) is 16.2. The molecule has 6 heteroatoms. The van der Waals surface area contributed by atoms with Crippen LogP contribution in [0.2, 0.25) is 0 Å². The van der Waals surface area contributed by atoms with Crippen LogP contribution in [0.3, 0.4) is 0 Å². The lowest BCUT2D eigenvalue weighted by Gasteiger charge is -2.19. The van der Waals surface area contributed by atoms with Crippen molar-refractivity contribution in [3.8, 4) is 0 Å². The highest BCUT2D eigenvalue weighted by molar-refractivity contribution is 6.21. The number of hydrogen-bond donors (Lipinski definition) is 0. The first-order valence-electron chi connectivity index (χ1n) is 6.44. The molecular weight excluding hydrogens is 298 g/mol. The second-order valence-corrected chi connectivity index (χ2v) is 4.84. The van der Waals surface area contributed by atoms with Gasteiger partial charge in [-0.3, -0.25) is 9.79 Å². The molecule has 2 nitrogen and oxygen atoms in total. The van der Waals surface area contributed by atoms with Gasteiger partial charge in [0.2, 0.25) is 0 Å². The first kappa shape index (κ1) is 14.4. The fourth-order valence-electron chi connectivity index (χ4n) is 2.44. The summed E-state index contributed by atoms with van der Waals surface area (Å²) in [7, 11) is 0. The summed E-state index contributed by atoms with van der Waals surface area (Å²) in [5, 5.41) is 0. The van der Waals surface area contributed by atoms with E-state index in [1.807, 2.05) is 0 Å². The number of hydrogen-bond acceptors (Lipinski definition) is 2. The number of rotatable bonds is 1. The van der Waals surface area contributed by atoms with Crippen LogP contribution >= 0.6 is 0 Å². The van der Waals surface area contributed by atoms with E-state index in [-0.39, 0.29) is 23.4 Å². The van der Waals surface area contributed by atoms with Gasteiger partial charge in [0.1, 0.15) is 5.82 Å². The average Bonchev–Trinajstić information content (AvgIpc) is 2.46. The van der Waals surface area contributed by atoms with Gasteiger partial charge in [-0.25, -0.2) is 4.39 Å². The Morgan fingerprint density at radius 1 is 1.00 bits per heavy atom. The smallest absolute Gasteiger partial charge is 0.294 e. The van der Waals surface area contributed by atoms with Gasteiger partial charge in [-0.15, -0.1) is 0 Å². The number of aliphatic imine (C=N–C) groups is 1. The molecule has 1 aliphatic rings. The summed E-state index contributed by atoms with van der Waals surface area (Å²) in [5.74, 6) is -1.28. The summed E-state index contributed by atoms with van der Waals surface area (Å²) < 4.78 is 52.7. The normalized spacial score (nSPS) is 14.5. The second kappa shape index (κ2) is 5.05. The molecule has 0 N–H and O–H groups in total. The van der Waals surface area contributed by atoms with E-state index in [4.69, 9.17) is 0 Å². The highest BCUT2D eigenvalue weighted by Gasteiger charge is 2.38. The molecule has 3 rings (SSSR count). The molecule has 0 spiro atoms. The Bertz CT molecular complexity index is 793. The van der Waals surface area contributed by atoms with E-state index in [2.05, 4.69) is 4.99 Å². The maximum atomic E-state index is 13.8. The molecule has 1 heterocycles. The Balaban J connectivity index is 2.18. The maximum absolute atomic E-state index is 13.8. The van der Waals surface area contributed by atoms with Gasteiger partial charge in [0, 0.05) is 5.56 Å². The molecule has 0 bridgehead atoms. The lowest BCUT2D eigenvalue weighted by molar-refractivity contribution is -0.137. The van der Waals surface area contributed by atoms with Crippen LogP contribution in [0.4, 0.5) is 23.2 Å². The molecule has 0 radical (unpaired) electrons. The highest BCUT2D eigenvalue weighted by atomic mass is 19.4. The van der Waals surface area contributed by atoms with Crippen molar-refractivity contribution in [3.63, 3.8) is 0 Å². The van der Waals surface area contributed by atoms with Crippen LogP contribution in [0.1, 0.15) is 27.9 Å². The molecule has 0 saturated heterocycles. The zero-order chi connectivity index (χ0) is 15.9. The van der Waals surface area contributed by atoms with Crippen LogP contribution in [-0.4, -0.2) is 11.5 Å². The zero-order valence-corrected chi connectivity index (χ0v) is 11.1. The van der Waals surface area contributed by atoms with Crippen molar-refractivity contribution in [2.45, 2.75) is 12.6 Å². The standard InChI is InChI=1S/C16H9F4NO/c17-11-6-2-1-4-9(11)13-8-14(22)15-10(16(18,19)20)5-3-7-12(15)21-13/h1-7H,8H2. The molecule has 0 unspecified atom stereocenters. The molecule has 0 fully saturated rings. The summed E-state index contributed by atoms with van der Waals surface area (Å²) in [6.07, 6.45) is -4.99. The van der Waals surface area contributed by atoms with Gasteiger partial charge in [0.15, 0.2) is 5.78 Å². The zero-order valence-electron chi connectivity index (χ0n) is 11.1. The predicted octanol–water partition coefficient (Wildman–Crippen LogP) is 4.55. The number of halogens is 4. The van der Waals surface area contributed by atoms with Crippen molar-refractivity contribution in [1.29, 1.82) is 0 Å². The quantitative estimate of drug-likeness (QED) is 0.711. The highest BCUT2D eigenvalue weighted by Crippen LogP contribution is 2.39. The summed E-state index contributed by atoms with van der Waals surface area (Å²) in [6.45, 7) is 0. The molecule has 0 aliphatic carbocycles. The lowest BCUT2D eigenvalue weighted by Crippen LogP contribution is -2.20. The van der Waals surface area contributed by atoms with E-state index in [1.54, 1.807) is 6.07 Å². The van der Waals surface area contributed by atoms with Crippen LogP contribution in [0.5, 0.6) is 0 Å². The minimum Gasteiger partial charge on any atom is -0.294 e. The van der Waals surface area contributed by atoms with Crippen molar-refractivity contribution in [2.75, 3.05) is 0 Å². The van der Waals surface area contributed by atoms with E-state index in [0.717, 1.165) is 6.07 Å². The Labute approximate surface area is 123 Å². The molecule has 0 saturated carbocycles. The fourth-order valence-corrected chi connectivity index (χ4v) is 2.44. The number of carbonyl (C=O) groups is 1. The fraction of sp³-hybridized carbons (Fsp3) is 0.125. The molecule has 0 amide bonds. The molecule has 112 valence electrons. The van der Waals surface area contributed by atoms with Gasteiger partial charge in [0.05, 0.1) is 28.9 Å². The van der Waals surface area contributed by atoms with Gasteiger partial charge < -0.3 is 0 Å². The topological polar surface area (TPSA) is 29.4 Å². The number of nitrogens with zero attached hydrogens (tertiary/aromatic N) is 1. The molecular formula is C16H9F4NO. The van der Waals surface area contributed by atoms with Gasteiger partial charge in [-0.1, -0.05) is 24.3 Å². The number of Topliss-reactive ketones (excluding diaryl/α,β-unsaturated/α-hetero) is 1. The van der Waals surface area contributed by atoms with E-state index < -0.39 is 28.9 Å². The van der Waals surface area contributed by atoms with Crippen molar-refractivity contribution >= 4 is 17.2 Å². The van der Waals surface area contributed by atoms with Crippen LogP contribution in [0, 0.1) is 5.82 Å². The monoisotopic (exact) mass is 307 g/mol. The number of fused-ring (bicyclic) bond motifs is 1. The molecule has 1 aliphatic heterocycles. The first-order chi connectivity index (χ1) is 10.4. The van der Waals surface area contributed by atoms with Crippen molar-refractivity contribution < 1.29 is 22.4 Å². The number of carbonyl (C=O) groups excluding carboxylic acids is 1. The maximum Gasteiger partial charge on any atom is 0.417 e. The largest absolute Gasteiger partial charge is 0.417 e. The summed E-state index contributed by atoms with van der Waals surface area (Å²) >= 11 is 0. The second-order valence-electron chi connectivity index (χ2n) is 4.84. The molecule has 22 heavy (non-hydrogen) atoms. The number of alkyl halides is 3. The number of benzene rings is 2. The van der Waals surface area contributed by atoms with E-state index in [0.29, 0.717) is 0 Å². The minimum absolute atomic E-state index is 0.0793. The van der Waals surface area contributed by atoms with Gasteiger partial charge in [-0.05, 0) is 18.2 Å². The Hall–Kier alpha value is -2.50. The minimum atomic E-state index is -4.63. The first-order valence-corrected chi connectivity index (χ1v) is 6.44. The van der Waals surface area contributed by atoms with Crippen molar-refractivity contribution in [2.24, 2.45) is 4.99 Å². The van der Waals surface area contributed by atoms with Gasteiger partial charge in [0.25, 0.3) is 0 Å². The van der Waals surface area contributed by atoms with E-state index in [9.17, 15) is 22.4 Å². The third kappa shape index (κ3) is 2.41. The van der Waals surface area contributed by atoms with Crippen LogP contribution in [0.15, 0.2) is 47.5 Å². The third-order valence-electron chi connectivity index (χ3n) is 3.39. The SMILES string of the molecule is O=C1CC(c2ccccc2F)=Nc2cccc(C(F)(F)F)c21. The van der Waals surface area contributed by atoms with Crippen LogP contribution in [0.25, 0.3) is 0 Å². The Kier molecular flexibility index (Phi) is 3.31. The molecule has 0 aromatic heterocycles. The summed E-state index contributed by atoms with van der Waals surface area (Å²) in [6, 6.07) is 9.07.